The molecule has 0 aliphatic heterocycles. The van der Waals surface area contributed by atoms with Crippen LogP contribution in [0.3, 0.4) is 0 Å². The van der Waals surface area contributed by atoms with Crippen molar-refractivity contribution in [2.24, 2.45) is 5.92 Å². The quantitative estimate of drug-likeness (QED) is 0.476. The summed E-state index contributed by atoms with van der Waals surface area (Å²) in [6.07, 6.45) is 0. The lowest BCUT2D eigenvalue weighted by molar-refractivity contribution is -0.137. The number of carbonyl (C=O) groups is 2. The number of nitrogens with two attached hydrogens (primary N) is 1. The molecule has 1 rings (SSSR count). The number of rotatable bonds is 3. The summed E-state index contributed by atoms with van der Waals surface area (Å²) in [5.74, 6) is -0.575. The van der Waals surface area contributed by atoms with Gasteiger partial charge in [-0.05, 0) is 12.1 Å². The fourth-order valence-corrected chi connectivity index (χ4v) is 1.16. The number of carbonyl (C=O) groups excluding carboxylic acids is 2. The summed E-state index contributed by atoms with van der Waals surface area (Å²) in [5, 5.41) is 2.56. The number of nitrogen functional groups attached to an aromatic ring is 1. The third-order valence-electron chi connectivity index (χ3n) is 2.06. The van der Waals surface area contributed by atoms with Crippen molar-refractivity contribution in [2.75, 3.05) is 11.1 Å². The van der Waals surface area contributed by atoms with E-state index in [0.717, 1.165) is 0 Å². The van der Waals surface area contributed by atoms with E-state index < -0.39 is 0 Å². The normalized spacial score (nSPS) is 10.1. The number of hydrogen-bond donors (Lipinski definition) is 2. The number of para-hydroxylation sites is 1. The highest BCUT2D eigenvalue weighted by Crippen LogP contribution is 2.29. The lowest BCUT2D eigenvalue weighted by Gasteiger charge is -2.12. The fourth-order valence-electron chi connectivity index (χ4n) is 1.16. The minimum absolute atomic E-state index is 0.232. The molecule has 17 heavy (non-hydrogen) atoms. The first-order chi connectivity index (χ1) is 7.91. The van der Waals surface area contributed by atoms with Crippen LogP contribution in [0, 0.1) is 5.92 Å². The van der Waals surface area contributed by atoms with E-state index in [1.54, 1.807) is 32.0 Å². The molecule has 3 N–H and O–H groups in total. The van der Waals surface area contributed by atoms with Crippen LogP contribution >= 0.6 is 0 Å². The number of amides is 1. The van der Waals surface area contributed by atoms with Gasteiger partial charge in [0, 0.05) is 6.92 Å². The molecule has 0 unspecified atom stereocenters. The highest BCUT2D eigenvalue weighted by molar-refractivity contribution is 5.93. The van der Waals surface area contributed by atoms with Crippen molar-refractivity contribution in [2.45, 2.75) is 20.8 Å². The van der Waals surface area contributed by atoms with Gasteiger partial charge in [-0.3, -0.25) is 9.59 Å². The zero-order valence-corrected chi connectivity index (χ0v) is 10.1. The number of benzene rings is 1. The molecular weight excluding hydrogens is 220 g/mol. The second kappa shape index (κ2) is 5.34. The lowest BCUT2D eigenvalue weighted by Crippen LogP contribution is -2.16. The van der Waals surface area contributed by atoms with Crippen LogP contribution in [-0.2, 0) is 9.59 Å². The summed E-state index contributed by atoms with van der Waals surface area (Å²) in [4.78, 5) is 22.4. The van der Waals surface area contributed by atoms with E-state index >= 15 is 0 Å². The van der Waals surface area contributed by atoms with Gasteiger partial charge in [-0.25, -0.2) is 0 Å². The monoisotopic (exact) mass is 236 g/mol. The average Bonchev–Trinajstić information content (AvgIpc) is 2.23. The van der Waals surface area contributed by atoms with E-state index in [4.69, 9.17) is 10.5 Å². The van der Waals surface area contributed by atoms with Crippen LogP contribution in [0.5, 0.6) is 5.75 Å². The Kier molecular flexibility index (Phi) is 4.09. The SMILES string of the molecule is CC(=O)Nc1cccc(OC(=O)C(C)C)c1N. The van der Waals surface area contributed by atoms with Crippen LogP contribution in [0.15, 0.2) is 18.2 Å². The number of hydrogen-bond acceptors (Lipinski definition) is 4. The smallest absolute Gasteiger partial charge is 0.313 e. The average molecular weight is 236 g/mol. The van der Waals surface area contributed by atoms with Crippen molar-refractivity contribution in [3.05, 3.63) is 18.2 Å². The van der Waals surface area contributed by atoms with E-state index in [1.807, 2.05) is 0 Å². The molecule has 5 heteroatoms. The Morgan fingerprint density at radius 3 is 2.53 bits per heavy atom. The molecule has 0 heterocycles. The van der Waals surface area contributed by atoms with Crippen molar-refractivity contribution in [1.29, 1.82) is 0 Å². The van der Waals surface area contributed by atoms with Gasteiger partial charge in [0.25, 0.3) is 0 Å². The topological polar surface area (TPSA) is 81.4 Å². The van der Waals surface area contributed by atoms with E-state index in [-0.39, 0.29) is 29.2 Å². The van der Waals surface area contributed by atoms with Gasteiger partial charge in [-0.2, -0.15) is 0 Å². The molecule has 1 aromatic carbocycles. The molecule has 0 atom stereocenters. The van der Waals surface area contributed by atoms with E-state index in [2.05, 4.69) is 5.32 Å². The van der Waals surface area contributed by atoms with Crippen molar-refractivity contribution in [1.82, 2.24) is 0 Å². The third kappa shape index (κ3) is 3.48. The molecule has 0 aromatic heterocycles. The maximum Gasteiger partial charge on any atom is 0.313 e. The molecule has 5 nitrogen and oxygen atoms in total. The molecule has 92 valence electrons. The largest absolute Gasteiger partial charge is 0.424 e. The van der Waals surface area contributed by atoms with Gasteiger partial charge in [-0.1, -0.05) is 19.9 Å². The number of ether oxygens (including phenoxy) is 1. The van der Waals surface area contributed by atoms with Crippen LogP contribution in [0.25, 0.3) is 0 Å². The van der Waals surface area contributed by atoms with Crippen molar-refractivity contribution in [3.8, 4) is 5.75 Å². The maximum atomic E-state index is 11.4. The van der Waals surface area contributed by atoms with Gasteiger partial charge in [0.2, 0.25) is 5.91 Å². The summed E-state index contributed by atoms with van der Waals surface area (Å²) in [6.45, 7) is 4.85. The summed E-state index contributed by atoms with van der Waals surface area (Å²) in [7, 11) is 0. The van der Waals surface area contributed by atoms with Gasteiger partial charge in [0.15, 0.2) is 5.75 Å². The van der Waals surface area contributed by atoms with Crippen molar-refractivity contribution >= 4 is 23.3 Å². The molecule has 1 amide bonds. The summed E-state index contributed by atoms with van der Waals surface area (Å²) in [6, 6.07) is 4.88. The zero-order chi connectivity index (χ0) is 13.0. The number of esters is 1. The van der Waals surface area contributed by atoms with Gasteiger partial charge < -0.3 is 15.8 Å². The number of anilines is 2. The van der Waals surface area contributed by atoms with Crippen LogP contribution in [0.2, 0.25) is 0 Å². The molecule has 0 aliphatic rings. The summed E-state index contributed by atoms with van der Waals surface area (Å²) >= 11 is 0. The van der Waals surface area contributed by atoms with Crippen molar-refractivity contribution in [3.63, 3.8) is 0 Å². The first-order valence-corrected chi connectivity index (χ1v) is 5.29. The van der Waals surface area contributed by atoms with Crippen LogP contribution in [-0.4, -0.2) is 11.9 Å². The van der Waals surface area contributed by atoms with Crippen LogP contribution < -0.4 is 15.8 Å². The van der Waals surface area contributed by atoms with E-state index in [0.29, 0.717) is 5.69 Å². The Bertz CT molecular complexity index is 441. The molecule has 1 aromatic rings. The van der Waals surface area contributed by atoms with Gasteiger partial charge in [0.1, 0.15) is 0 Å². The molecule has 0 bridgehead atoms. The van der Waals surface area contributed by atoms with E-state index in [9.17, 15) is 9.59 Å². The fraction of sp³-hybridized carbons (Fsp3) is 0.333. The Morgan fingerprint density at radius 2 is 2.00 bits per heavy atom. The number of nitrogens with one attached hydrogen (secondary N) is 1. The highest BCUT2D eigenvalue weighted by Gasteiger charge is 2.13. The van der Waals surface area contributed by atoms with Gasteiger partial charge in [0.05, 0.1) is 17.3 Å². The first kappa shape index (κ1) is 13.0. The third-order valence-corrected chi connectivity index (χ3v) is 2.06. The maximum absolute atomic E-state index is 11.4. The van der Waals surface area contributed by atoms with Crippen molar-refractivity contribution < 1.29 is 14.3 Å². The summed E-state index contributed by atoms with van der Waals surface area (Å²) in [5.41, 5.74) is 6.47. The molecular formula is C12H16N2O3. The molecule has 0 radical (unpaired) electrons. The minimum Gasteiger partial charge on any atom is -0.424 e. The molecule has 0 saturated heterocycles. The second-order valence-electron chi connectivity index (χ2n) is 3.97. The molecule has 0 fully saturated rings. The highest BCUT2D eigenvalue weighted by atomic mass is 16.5. The van der Waals surface area contributed by atoms with Crippen LogP contribution in [0.4, 0.5) is 11.4 Å². The molecule has 0 aliphatic carbocycles. The molecule has 0 spiro atoms. The predicted molar refractivity (Wildman–Crippen MR) is 65.6 cm³/mol. The minimum atomic E-state index is -0.364. The predicted octanol–water partition coefficient (Wildman–Crippen LogP) is 1.79. The molecule has 0 saturated carbocycles. The first-order valence-electron chi connectivity index (χ1n) is 5.29. The van der Waals surface area contributed by atoms with Gasteiger partial charge >= 0.3 is 5.97 Å². The standard InChI is InChI=1S/C12H16N2O3/c1-7(2)12(16)17-10-6-4-5-9(11(10)13)14-8(3)15/h4-7H,13H2,1-3H3,(H,14,15). The Morgan fingerprint density at radius 1 is 1.35 bits per heavy atom. The zero-order valence-electron chi connectivity index (χ0n) is 10.1. The lowest BCUT2D eigenvalue weighted by atomic mass is 10.2. The Labute approximate surface area is 99.9 Å². The second-order valence-corrected chi connectivity index (χ2v) is 3.97. The van der Waals surface area contributed by atoms with E-state index in [1.165, 1.54) is 6.92 Å². The van der Waals surface area contributed by atoms with Crippen LogP contribution in [0.1, 0.15) is 20.8 Å². The van der Waals surface area contributed by atoms with Gasteiger partial charge in [-0.15, -0.1) is 0 Å². The summed E-state index contributed by atoms with van der Waals surface area (Å²) < 4.78 is 5.11. The Hall–Kier alpha value is -2.04. The Balaban J connectivity index is 2.94.